The normalized spacial score (nSPS) is 34.7. The highest BCUT2D eigenvalue weighted by Crippen LogP contribution is 2.35. The minimum atomic E-state index is -0.590. The quantitative estimate of drug-likeness (QED) is 0.718. The smallest absolute Gasteiger partial charge is 0.255 e. The van der Waals surface area contributed by atoms with E-state index in [1.165, 1.54) is 12.8 Å². The molecule has 5 aliphatic rings. The van der Waals surface area contributed by atoms with Gasteiger partial charge in [-0.25, -0.2) is 0 Å². The van der Waals surface area contributed by atoms with Crippen LogP contribution in [0.25, 0.3) is 0 Å². The van der Waals surface area contributed by atoms with E-state index in [0.29, 0.717) is 36.8 Å². The summed E-state index contributed by atoms with van der Waals surface area (Å²) >= 11 is 0. The summed E-state index contributed by atoms with van der Waals surface area (Å²) in [4.78, 5) is 40.8. The van der Waals surface area contributed by atoms with Crippen LogP contribution in [0, 0.1) is 0 Å². The molecule has 1 saturated carbocycles. The molecule has 4 aliphatic heterocycles. The number of carbonyl (C=O) groups excluding carboxylic acids is 3. The zero-order chi connectivity index (χ0) is 21.8. The lowest BCUT2D eigenvalue weighted by Crippen LogP contribution is -2.52. The molecule has 8 heteroatoms. The van der Waals surface area contributed by atoms with E-state index in [1.807, 2.05) is 18.2 Å². The second-order valence-electron chi connectivity index (χ2n) is 9.78. The van der Waals surface area contributed by atoms with Gasteiger partial charge in [-0.3, -0.25) is 24.6 Å². The first-order valence-electron chi connectivity index (χ1n) is 11.9. The molecular weight excluding hydrogens is 410 g/mol. The summed E-state index contributed by atoms with van der Waals surface area (Å²) in [5.74, 6) is -0.0176. The van der Waals surface area contributed by atoms with E-state index in [-0.39, 0.29) is 30.2 Å². The Kier molecular flexibility index (Phi) is 4.95. The molecule has 32 heavy (non-hydrogen) atoms. The average molecular weight is 440 g/mol. The third-order valence-electron chi connectivity index (χ3n) is 7.74. The second-order valence-corrected chi connectivity index (χ2v) is 9.78. The van der Waals surface area contributed by atoms with Gasteiger partial charge in [0.2, 0.25) is 11.8 Å². The highest BCUT2D eigenvalue weighted by atomic mass is 16.5. The number of hydrogen-bond donors (Lipinski definition) is 1. The number of likely N-dealkylation sites (tertiary alicyclic amines) is 1. The lowest BCUT2D eigenvalue weighted by Gasteiger charge is -2.38. The van der Waals surface area contributed by atoms with Crippen molar-refractivity contribution >= 4 is 17.7 Å². The van der Waals surface area contributed by atoms with E-state index in [2.05, 4.69) is 10.2 Å². The summed E-state index contributed by atoms with van der Waals surface area (Å²) in [6.45, 7) is 2.37. The Balaban J connectivity index is 1.15. The first kappa shape index (κ1) is 20.2. The Hall–Kier alpha value is -2.45. The van der Waals surface area contributed by atoms with Crippen LogP contribution in [0.2, 0.25) is 0 Å². The largest absolute Gasteiger partial charge is 0.489 e. The molecule has 170 valence electrons. The average Bonchev–Trinajstić information content (AvgIpc) is 3.46. The van der Waals surface area contributed by atoms with Crippen molar-refractivity contribution in [2.24, 2.45) is 0 Å². The van der Waals surface area contributed by atoms with Gasteiger partial charge in [-0.05, 0) is 62.3 Å². The number of morpholine rings is 1. The molecule has 4 heterocycles. The van der Waals surface area contributed by atoms with E-state index in [4.69, 9.17) is 9.47 Å². The zero-order valence-electron chi connectivity index (χ0n) is 18.1. The molecule has 8 nitrogen and oxygen atoms in total. The molecule has 1 aromatic rings. The van der Waals surface area contributed by atoms with Crippen LogP contribution in [0.3, 0.4) is 0 Å². The highest BCUT2D eigenvalue weighted by Gasteiger charge is 2.42. The molecule has 6 rings (SSSR count). The maximum atomic E-state index is 12.9. The molecule has 2 bridgehead atoms. The number of rotatable bonds is 4. The number of imide groups is 1. The summed E-state index contributed by atoms with van der Waals surface area (Å²) in [5.41, 5.74) is 1.51. The number of fused-ring (bicyclic) bond motifs is 3. The third kappa shape index (κ3) is 3.49. The molecular formula is C24H29N3O5. The van der Waals surface area contributed by atoms with Crippen LogP contribution in [-0.2, 0) is 20.9 Å². The van der Waals surface area contributed by atoms with Crippen LogP contribution in [0.15, 0.2) is 18.2 Å². The van der Waals surface area contributed by atoms with E-state index in [0.717, 1.165) is 43.7 Å². The maximum absolute atomic E-state index is 12.9. The van der Waals surface area contributed by atoms with Crippen LogP contribution in [0.4, 0.5) is 0 Å². The Morgan fingerprint density at radius 1 is 1.00 bits per heavy atom. The monoisotopic (exact) mass is 439 g/mol. The third-order valence-corrected chi connectivity index (χ3v) is 7.74. The van der Waals surface area contributed by atoms with Gasteiger partial charge in [0.15, 0.2) is 0 Å². The zero-order valence-corrected chi connectivity index (χ0v) is 18.1. The van der Waals surface area contributed by atoms with Crippen molar-refractivity contribution in [1.82, 2.24) is 15.1 Å². The number of benzene rings is 1. The molecule has 0 radical (unpaired) electrons. The molecule has 5 atom stereocenters. The van der Waals surface area contributed by atoms with Crippen LogP contribution < -0.4 is 10.1 Å². The van der Waals surface area contributed by atoms with Crippen molar-refractivity contribution < 1.29 is 23.9 Å². The number of hydrogen-bond acceptors (Lipinski definition) is 6. The fourth-order valence-electron chi connectivity index (χ4n) is 6.18. The first-order valence-corrected chi connectivity index (χ1v) is 11.9. The van der Waals surface area contributed by atoms with Crippen molar-refractivity contribution in [1.29, 1.82) is 0 Å². The van der Waals surface area contributed by atoms with Gasteiger partial charge in [-0.1, -0.05) is 0 Å². The molecule has 1 aromatic carbocycles. The summed E-state index contributed by atoms with van der Waals surface area (Å²) in [7, 11) is 0. The molecule has 1 aliphatic carbocycles. The van der Waals surface area contributed by atoms with Crippen molar-refractivity contribution in [2.45, 2.75) is 81.9 Å². The van der Waals surface area contributed by atoms with Crippen molar-refractivity contribution in [3.05, 3.63) is 29.3 Å². The van der Waals surface area contributed by atoms with Crippen LogP contribution in [0.5, 0.6) is 5.75 Å². The molecule has 3 amide bonds. The Morgan fingerprint density at radius 3 is 2.59 bits per heavy atom. The fraction of sp³-hybridized carbons (Fsp3) is 0.625. The lowest BCUT2D eigenvalue weighted by molar-refractivity contribution is -0.136. The fourth-order valence-corrected chi connectivity index (χ4v) is 6.18. The summed E-state index contributed by atoms with van der Waals surface area (Å²) in [5, 5.41) is 2.35. The van der Waals surface area contributed by atoms with Gasteiger partial charge >= 0.3 is 0 Å². The number of piperidine rings is 1. The Labute approximate surface area is 187 Å². The Bertz CT molecular complexity index is 953. The van der Waals surface area contributed by atoms with Crippen molar-refractivity contribution in [3.8, 4) is 5.75 Å². The number of nitrogens with one attached hydrogen (secondary N) is 1. The number of ether oxygens (including phenoxy) is 2. The van der Waals surface area contributed by atoms with Gasteiger partial charge in [-0.2, -0.15) is 0 Å². The van der Waals surface area contributed by atoms with E-state index in [1.54, 1.807) is 4.90 Å². The predicted molar refractivity (Wildman–Crippen MR) is 114 cm³/mol. The van der Waals surface area contributed by atoms with Crippen LogP contribution >= 0.6 is 0 Å². The van der Waals surface area contributed by atoms with E-state index < -0.39 is 6.04 Å². The molecule has 4 fully saturated rings. The summed E-state index contributed by atoms with van der Waals surface area (Å²) in [6.07, 6.45) is 7.22. The SMILES string of the molecule is O=C1CCC(N2Cc3cc(O[C@@H]4CCC[C@H]4N4CC5CCC(C4)O5)ccc3C2=O)C(=O)N1. The Morgan fingerprint density at radius 2 is 1.81 bits per heavy atom. The van der Waals surface area contributed by atoms with Gasteiger partial charge in [0, 0.05) is 37.7 Å². The predicted octanol–water partition coefficient (Wildman–Crippen LogP) is 1.61. The second kappa shape index (κ2) is 7.85. The topological polar surface area (TPSA) is 88.2 Å². The molecule has 3 saturated heterocycles. The van der Waals surface area contributed by atoms with Gasteiger partial charge in [-0.15, -0.1) is 0 Å². The minimum Gasteiger partial charge on any atom is -0.489 e. The summed E-state index contributed by atoms with van der Waals surface area (Å²) in [6, 6.07) is 5.48. The van der Waals surface area contributed by atoms with Gasteiger partial charge in [0.05, 0.1) is 12.2 Å². The van der Waals surface area contributed by atoms with Crippen LogP contribution in [-0.4, -0.2) is 71.0 Å². The number of nitrogens with zero attached hydrogens (tertiary/aromatic N) is 2. The van der Waals surface area contributed by atoms with E-state index in [9.17, 15) is 14.4 Å². The molecule has 3 unspecified atom stereocenters. The van der Waals surface area contributed by atoms with Crippen molar-refractivity contribution in [2.75, 3.05) is 13.1 Å². The standard InChI is InChI=1S/C24H29N3O5/c28-22-9-8-20(23(29)25-22)27-11-14-10-15(6-7-18(14)24(27)30)32-21-3-1-2-19(21)26-12-16-4-5-17(13-26)31-16/h6-7,10,16-17,19-21H,1-5,8-9,11-13H2,(H,25,28,29)/t16?,17?,19-,20?,21-/m1/s1. The minimum absolute atomic E-state index is 0.147. The van der Waals surface area contributed by atoms with Gasteiger partial charge in [0.25, 0.3) is 5.91 Å². The van der Waals surface area contributed by atoms with Gasteiger partial charge < -0.3 is 14.4 Å². The van der Waals surface area contributed by atoms with Crippen molar-refractivity contribution in [3.63, 3.8) is 0 Å². The molecule has 1 N–H and O–H groups in total. The van der Waals surface area contributed by atoms with Gasteiger partial charge in [0.1, 0.15) is 17.9 Å². The summed E-state index contributed by atoms with van der Waals surface area (Å²) < 4.78 is 12.5. The lowest BCUT2D eigenvalue weighted by atomic mass is 10.0. The van der Waals surface area contributed by atoms with E-state index >= 15 is 0 Å². The first-order chi connectivity index (χ1) is 15.5. The number of carbonyl (C=O) groups is 3. The maximum Gasteiger partial charge on any atom is 0.255 e. The van der Waals surface area contributed by atoms with Crippen LogP contribution in [0.1, 0.15) is 60.9 Å². The highest BCUT2D eigenvalue weighted by molar-refractivity contribution is 6.05. The molecule has 0 aromatic heterocycles. The number of amides is 3. The molecule has 0 spiro atoms.